The van der Waals surface area contributed by atoms with Gasteiger partial charge in [-0.15, -0.1) is 0 Å². The summed E-state index contributed by atoms with van der Waals surface area (Å²) in [5, 5.41) is 2.48. The van der Waals surface area contributed by atoms with E-state index in [1.165, 1.54) is 11.0 Å². The molecule has 0 bridgehead atoms. The Balaban J connectivity index is 1.56. The molecular weight excluding hydrogens is 451 g/mol. The highest BCUT2D eigenvalue weighted by molar-refractivity contribution is 5.93. The highest BCUT2D eigenvalue weighted by atomic mass is 19.4. The number of hydrogen-bond donors (Lipinski definition) is 1. The van der Waals surface area contributed by atoms with E-state index in [1.807, 2.05) is 30.3 Å². The van der Waals surface area contributed by atoms with Gasteiger partial charge >= 0.3 is 18.4 Å². The molecule has 4 rings (SSSR count). The molecule has 176 valence electrons. The molecule has 0 unspecified atom stereocenters. The van der Waals surface area contributed by atoms with Crippen molar-refractivity contribution in [1.29, 1.82) is 0 Å². The van der Waals surface area contributed by atoms with Crippen LogP contribution >= 0.6 is 0 Å². The fraction of sp³-hybridized carbons (Fsp3) is 0.208. The van der Waals surface area contributed by atoms with Gasteiger partial charge in [-0.2, -0.15) is 13.2 Å². The lowest BCUT2D eigenvalue weighted by Crippen LogP contribution is -2.31. The maximum atomic E-state index is 12.8. The summed E-state index contributed by atoms with van der Waals surface area (Å²) in [6.07, 6.45) is -3.55. The summed E-state index contributed by atoms with van der Waals surface area (Å²) in [4.78, 5) is 29.1. The number of nitrogens with zero attached hydrogens (tertiary/aromatic N) is 2. The number of ether oxygens (including phenoxy) is 2. The number of likely N-dealkylation sites (tertiary alicyclic amines) is 1. The molecule has 1 aromatic heterocycles. The number of halogens is 3. The number of anilines is 1. The van der Waals surface area contributed by atoms with Gasteiger partial charge in [-0.05, 0) is 42.7 Å². The maximum Gasteiger partial charge on any atom is 0.433 e. The topological polar surface area (TPSA) is 80.8 Å². The Hall–Kier alpha value is -4.08. The second-order valence-electron chi connectivity index (χ2n) is 7.53. The van der Waals surface area contributed by atoms with Gasteiger partial charge in [0.1, 0.15) is 17.2 Å². The van der Waals surface area contributed by atoms with Gasteiger partial charge in [0.05, 0.1) is 6.20 Å². The largest absolute Gasteiger partial charge is 0.455 e. The van der Waals surface area contributed by atoms with Crippen molar-refractivity contribution < 1.29 is 32.2 Å². The van der Waals surface area contributed by atoms with Crippen LogP contribution in [0.4, 0.5) is 28.4 Å². The maximum absolute atomic E-state index is 12.8. The number of pyridine rings is 1. The molecule has 34 heavy (non-hydrogen) atoms. The third kappa shape index (κ3) is 5.64. The van der Waals surface area contributed by atoms with Gasteiger partial charge in [-0.25, -0.2) is 14.6 Å². The van der Waals surface area contributed by atoms with E-state index in [0.29, 0.717) is 18.7 Å². The Kier molecular flexibility index (Phi) is 6.67. The Morgan fingerprint density at radius 3 is 2.35 bits per heavy atom. The van der Waals surface area contributed by atoms with Crippen molar-refractivity contribution in [3.63, 3.8) is 0 Å². The number of alkyl halides is 3. The quantitative estimate of drug-likeness (QED) is 0.450. The fourth-order valence-corrected chi connectivity index (χ4v) is 3.46. The molecule has 2 heterocycles. The molecule has 0 radical (unpaired) electrons. The Bertz CT molecular complexity index is 1160. The second kappa shape index (κ2) is 9.82. The summed E-state index contributed by atoms with van der Waals surface area (Å²) in [5.41, 5.74) is 0.654. The molecule has 1 aliphatic rings. The van der Waals surface area contributed by atoms with Crippen molar-refractivity contribution in [1.82, 2.24) is 9.88 Å². The van der Waals surface area contributed by atoms with Crippen LogP contribution in [0.3, 0.4) is 0 Å². The van der Waals surface area contributed by atoms with Gasteiger partial charge in [-0.1, -0.05) is 30.3 Å². The number of carbonyl (C=O) groups excluding carboxylic acids is 2. The third-order valence-corrected chi connectivity index (χ3v) is 5.11. The molecule has 2 aromatic carbocycles. The Morgan fingerprint density at radius 1 is 0.971 bits per heavy atom. The molecule has 0 spiro atoms. The summed E-state index contributed by atoms with van der Waals surface area (Å²) < 4.78 is 49.1. The predicted molar refractivity (Wildman–Crippen MR) is 117 cm³/mol. The molecule has 2 amide bonds. The normalized spacial score (nSPS) is 13.4. The van der Waals surface area contributed by atoms with Crippen molar-refractivity contribution >= 4 is 17.9 Å². The van der Waals surface area contributed by atoms with Crippen LogP contribution in [0.1, 0.15) is 18.5 Å². The molecule has 1 fully saturated rings. The van der Waals surface area contributed by atoms with Crippen molar-refractivity contribution in [2.24, 2.45) is 0 Å². The highest BCUT2D eigenvalue weighted by Crippen LogP contribution is 2.36. The van der Waals surface area contributed by atoms with E-state index >= 15 is 0 Å². The molecule has 7 nitrogen and oxygen atoms in total. The number of carbonyl (C=O) groups is 2. The van der Waals surface area contributed by atoms with Gasteiger partial charge in [0.15, 0.2) is 0 Å². The van der Waals surface area contributed by atoms with Gasteiger partial charge in [-0.3, -0.25) is 5.32 Å². The fourth-order valence-electron chi connectivity index (χ4n) is 3.46. The van der Waals surface area contributed by atoms with Crippen LogP contribution in [0.5, 0.6) is 11.5 Å². The smallest absolute Gasteiger partial charge is 0.433 e. The van der Waals surface area contributed by atoms with Crippen LogP contribution in [0, 0.1) is 0 Å². The zero-order valence-electron chi connectivity index (χ0n) is 17.8. The molecule has 10 heteroatoms. The lowest BCUT2D eigenvalue weighted by Gasteiger charge is -2.16. The minimum Gasteiger partial charge on any atom is -0.455 e. The summed E-state index contributed by atoms with van der Waals surface area (Å²) in [6.45, 7) is 1.08. The zero-order valence-corrected chi connectivity index (χ0v) is 17.8. The monoisotopic (exact) mass is 471 g/mol. The van der Waals surface area contributed by atoms with Crippen LogP contribution < -0.4 is 10.1 Å². The van der Waals surface area contributed by atoms with Crippen molar-refractivity contribution in [3.05, 3.63) is 72.6 Å². The minimum absolute atomic E-state index is 0.0779. The van der Waals surface area contributed by atoms with E-state index in [-0.39, 0.29) is 17.2 Å². The standard InChI is InChI=1S/C24H20F3N3O4/c25-24(26,27)21-11-9-18(15-28-21)33-20-14-17(8-10-19(20)16-6-2-1-3-7-16)29-22(31)34-23(32)30-12-4-5-13-30/h1-3,6-11,14-15H,4-5,12-13H2,(H,29,31). The van der Waals surface area contributed by atoms with Crippen molar-refractivity contribution in [2.75, 3.05) is 18.4 Å². The van der Waals surface area contributed by atoms with E-state index in [2.05, 4.69) is 10.3 Å². The zero-order chi connectivity index (χ0) is 24.1. The summed E-state index contributed by atoms with van der Waals surface area (Å²) in [6, 6.07) is 15.9. The molecule has 1 saturated heterocycles. The number of rotatable bonds is 4. The van der Waals surface area contributed by atoms with Crippen LogP contribution in [0.2, 0.25) is 0 Å². The molecule has 0 aliphatic carbocycles. The second-order valence-corrected chi connectivity index (χ2v) is 7.53. The van der Waals surface area contributed by atoms with Crippen LogP contribution in [-0.2, 0) is 10.9 Å². The molecule has 0 atom stereocenters. The molecule has 1 N–H and O–H groups in total. The first kappa shape index (κ1) is 23.1. The molecule has 3 aromatic rings. The van der Waals surface area contributed by atoms with Crippen LogP contribution in [0.15, 0.2) is 66.9 Å². The van der Waals surface area contributed by atoms with Gasteiger partial charge in [0, 0.05) is 30.4 Å². The number of amides is 2. The van der Waals surface area contributed by atoms with Crippen molar-refractivity contribution in [2.45, 2.75) is 19.0 Å². The highest BCUT2D eigenvalue weighted by Gasteiger charge is 2.32. The lowest BCUT2D eigenvalue weighted by atomic mass is 10.0. The third-order valence-electron chi connectivity index (χ3n) is 5.11. The molecule has 0 saturated carbocycles. The average molecular weight is 471 g/mol. The predicted octanol–water partition coefficient (Wildman–Crippen LogP) is 6.32. The first-order chi connectivity index (χ1) is 16.3. The van der Waals surface area contributed by atoms with E-state index < -0.39 is 24.1 Å². The minimum atomic E-state index is -4.57. The van der Waals surface area contributed by atoms with Crippen LogP contribution in [0.25, 0.3) is 11.1 Å². The SMILES string of the molecule is O=C(Nc1ccc(-c2ccccc2)c(Oc2ccc(C(F)(F)F)nc2)c1)OC(=O)N1CCCC1. The van der Waals surface area contributed by atoms with Crippen LogP contribution in [-0.4, -0.2) is 35.2 Å². The van der Waals surface area contributed by atoms with Gasteiger partial charge < -0.3 is 14.4 Å². The van der Waals surface area contributed by atoms with Gasteiger partial charge in [0.25, 0.3) is 0 Å². The van der Waals surface area contributed by atoms with E-state index in [4.69, 9.17) is 9.47 Å². The number of aromatic nitrogens is 1. The first-order valence-corrected chi connectivity index (χ1v) is 10.5. The van der Waals surface area contributed by atoms with E-state index in [0.717, 1.165) is 36.7 Å². The van der Waals surface area contributed by atoms with E-state index in [9.17, 15) is 22.8 Å². The number of nitrogens with one attached hydrogen (secondary N) is 1. The molecular formula is C24H20F3N3O4. The van der Waals surface area contributed by atoms with Crippen molar-refractivity contribution in [3.8, 4) is 22.6 Å². The Morgan fingerprint density at radius 2 is 1.71 bits per heavy atom. The van der Waals surface area contributed by atoms with E-state index in [1.54, 1.807) is 12.1 Å². The summed E-state index contributed by atoms with van der Waals surface area (Å²) in [5.74, 6) is 0.338. The summed E-state index contributed by atoms with van der Waals surface area (Å²) >= 11 is 0. The molecule has 1 aliphatic heterocycles. The lowest BCUT2D eigenvalue weighted by molar-refractivity contribution is -0.141. The van der Waals surface area contributed by atoms with Gasteiger partial charge in [0.2, 0.25) is 0 Å². The summed E-state index contributed by atoms with van der Waals surface area (Å²) in [7, 11) is 0. The number of benzene rings is 2. The average Bonchev–Trinajstić information content (AvgIpc) is 3.35. The Labute approximate surface area is 193 Å². The number of hydrogen-bond acceptors (Lipinski definition) is 5. The first-order valence-electron chi connectivity index (χ1n) is 10.5.